The van der Waals surface area contributed by atoms with Crippen LogP contribution in [0.5, 0.6) is 0 Å². The minimum atomic E-state index is -0.326. The van der Waals surface area contributed by atoms with Gasteiger partial charge in [0.1, 0.15) is 6.04 Å². The fourth-order valence-electron chi connectivity index (χ4n) is 3.34. The quantitative estimate of drug-likeness (QED) is 0.819. The molecule has 2 aromatic rings. The van der Waals surface area contributed by atoms with E-state index in [0.29, 0.717) is 26.3 Å². The molecule has 5 nitrogen and oxygen atoms in total. The zero-order chi connectivity index (χ0) is 19.1. The summed E-state index contributed by atoms with van der Waals surface area (Å²) in [6.07, 6.45) is 1.62. The molecule has 1 saturated heterocycles. The maximum absolute atomic E-state index is 12.4. The number of likely N-dealkylation sites (tertiary alicyclic amines) is 1. The summed E-state index contributed by atoms with van der Waals surface area (Å²) in [6.45, 7) is 3.80. The second-order valence-electron chi connectivity index (χ2n) is 6.88. The van der Waals surface area contributed by atoms with E-state index in [4.69, 9.17) is 4.74 Å². The van der Waals surface area contributed by atoms with Crippen LogP contribution in [0.15, 0.2) is 54.6 Å². The lowest BCUT2D eigenvalue weighted by atomic mass is 10.1. The van der Waals surface area contributed by atoms with Gasteiger partial charge in [-0.05, 0) is 29.5 Å². The molecule has 1 fully saturated rings. The lowest BCUT2D eigenvalue weighted by Crippen LogP contribution is -2.44. The van der Waals surface area contributed by atoms with Gasteiger partial charge < -0.3 is 15.0 Å². The Kier molecular flexibility index (Phi) is 6.60. The third-order valence-corrected chi connectivity index (χ3v) is 4.83. The number of carbonyl (C=O) groups excluding carboxylic acids is 2. The van der Waals surface area contributed by atoms with Gasteiger partial charge in [-0.2, -0.15) is 0 Å². The van der Waals surface area contributed by atoms with Crippen molar-refractivity contribution in [1.82, 2.24) is 10.2 Å². The van der Waals surface area contributed by atoms with E-state index in [1.807, 2.05) is 54.6 Å². The van der Waals surface area contributed by atoms with Gasteiger partial charge in [0.2, 0.25) is 11.8 Å². The van der Waals surface area contributed by atoms with Crippen LogP contribution in [-0.2, 0) is 34.1 Å². The van der Waals surface area contributed by atoms with Gasteiger partial charge in [-0.25, -0.2) is 0 Å². The normalized spacial score (nSPS) is 16.3. The van der Waals surface area contributed by atoms with Crippen molar-refractivity contribution in [2.24, 2.45) is 0 Å². The van der Waals surface area contributed by atoms with Crippen molar-refractivity contribution >= 4 is 11.8 Å². The molecule has 1 heterocycles. The van der Waals surface area contributed by atoms with Crippen LogP contribution < -0.4 is 5.32 Å². The molecule has 2 aromatic carbocycles. The van der Waals surface area contributed by atoms with Crippen LogP contribution in [0.2, 0.25) is 0 Å². The van der Waals surface area contributed by atoms with Gasteiger partial charge in [0.15, 0.2) is 0 Å². The molecule has 3 rings (SSSR count). The first-order chi connectivity index (χ1) is 13.1. The Hall–Kier alpha value is -2.66. The summed E-state index contributed by atoms with van der Waals surface area (Å²) in [5.41, 5.74) is 3.28. The van der Waals surface area contributed by atoms with E-state index in [1.165, 1.54) is 6.92 Å². The van der Waals surface area contributed by atoms with E-state index in [2.05, 4.69) is 5.32 Å². The van der Waals surface area contributed by atoms with E-state index in [-0.39, 0.29) is 17.9 Å². The van der Waals surface area contributed by atoms with E-state index in [0.717, 1.165) is 29.5 Å². The largest absolute Gasteiger partial charge is 0.372 e. The van der Waals surface area contributed by atoms with Crippen LogP contribution in [0.3, 0.4) is 0 Å². The standard InChI is InChI=1S/C22H26N2O3/c1-17(25)24-13-5-8-21(24)22(26)23-14-18-9-11-20(12-10-18)16-27-15-19-6-3-2-4-7-19/h2-4,6-7,9-12,21H,5,8,13-16H2,1H3,(H,23,26). The highest BCUT2D eigenvalue weighted by molar-refractivity contribution is 5.87. The molecular formula is C22H26N2O3. The Morgan fingerprint density at radius 2 is 1.63 bits per heavy atom. The SMILES string of the molecule is CC(=O)N1CCCC1C(=O)NCc1ccc(COCc2ccccc2)cc1. The highest BCUT2D eigenvalue weighted by atomic mass is 16.5. The molecule has 2 amide bonds. The summed E-state index contributed by atoms with van der Waals surface area (Å²) in [4.78, 5) is 25.6. The number of hydrogen-bond acceptors (Lipinski definition) is 3. The van der Waals surface area contributed by atoms with Crippen molar-refractivity contribution in [3.63, 3.8) is 0 Å². The second kappa shape index (κ2) is 9.33. The number of hydrogen-bond donors (Lipinski definition) is 1. The minimum Gasteiger partial charge on any atom is -0.372 e. The Labute approximate surface area is 160 Å². The van der Waals surface area contributed by atoms with Crippen molar-refractivity contribution in [1.29, 1.82) is 0 Å². The molecule has 142 valence electrons. The van der Waals surface area contributed by atoms with Gasteiger partial charge in [0, 0.05) is 20.0 Å². The molecule has 1 aliphatic rings. The number of rotatable bonds is 7. The predicted octanol–water partition coefficient (Wildman–Crippen LogP) is 3.03. The number of nitrogens with zero attached hydrogens (tertiary/aromatic N) is 1. The topological polar surface area (TPSA) is 58.6 Å². The molecule has 0 saturated carbocycles. The van der Waals surface area contributed by atoms with E-state index in [9.17, 15) is 9.59 Å². The first-order valence-corrected chi connectivity index (χ1v) is 9.38. The van der Waals surface area contributed by atoms with E-state index < -0.39 is 0 Å². The Balaban J connectivity index is 1.43. The summed E-state index contributed by atoms with van der Waals surface area (Å²) in [5, 5.41) is 2.95. The first-order valence-electron chi connectivity index (χ1n) is 9.38. The molecule has 1 atom stereocenters. The van der Waals surface area contributed by atoms with E-state index in [1.54, 1.807) is 4.90 Å². The molecule has 0 bridgehead atoms. The van der Waals surface area contributed by atoms with E-state index >= 15 is 0 Å². The number of benzene rings is 2. The van der Waals surface area contributed by atoms with Crippen molar-refractivity contribution in [3.8, 4) is 0 Å². The fraction of sp³-hybridized carbons (Fsp3) is 0.364. The lowest BCUT2D eigenvalue weighted by Gasteiger charge is -2.22. The molecule has 0 aliphatic carbocycles. The molecule has 1 aliphatic heterocycles. The van der Waals surface area contributed by atoms with Crippen molar-refractivity contribution < 1.29 is 14.3 Å². The van der Waals surface area contributed by atoms with Crippen molar-refractivity contribution in [2.45, 2.75) is 45.6 Å². The molecule has 0 radical (unpaired) electrons. The van der Waals surface area contributed by atoms with Gasteiger partial charge in [0.25, 0.3) is 0 Å². The number of carbonyl (C=O) groups is 2. The Bertz CT molecular complexity index is 759. The minimum absolute atomic E-state index is 0.0347. The molecular weight excluding hydrogens is 340 g/mol. The third kappa shape index (κ3) is 5.41. The summed E-state index contributed by atoms with van der Waals surface area (Å²) in [7, 11) is 0. The zero-order valence-corrected chi connectivity index (χ0v) is 15.7. The Morgan fingerprint density at radius 1 is 1.00 bits per heavy atom. The van der Waals surface area contributed by atoms with Gasteiger partial charge in [-0.15, -0.1) is 0 Å². The average Bonchev–Trinajstić information content (AvgIpc) is 3.18. The predicted molar refractivity (Wildman–Crippen MR) is 104 cm³/mol. The number of amides is 2. The van der Waals surface area contributed by atoms with Crippen LogP contribution in [0, 0.1) is 0 Å². The smallest absolute Gasteiger partial charge is 0.243 e. The van der Waals surface area contributed by atoms with Crippen LogP contribution in [0.4, 0.5) is 0 Å². The third-order valence-electron chi connectivity index (χ3n) is 4.83. The fourth-order valence-corrected chi connectivity index (χ4v) is 3.34. The van der Waals surface area contributed by atoms with Crippen LogP contribution in [0.25, 0.3) is 0 Å². The molecule has 5 heteroatoms. The van der Waals surface area contributed by atoms with Gasteiger partial charge >= 0.3 is 0 Å². The lowest BCUT2D eigenvalue weighted by molar-refractivity contribution is -0.136. The second-order valence-corrected chi connectivity index (χ2v) is 6.88. The average molecular weight is 366 g/mol. The van der Waals surface area contributed by atoms with Crippen molar-refractivity contribution in [3.05, 3.63) is 71.3 Å². The maximum atomic E-state index is 12.4. The Morgan fingerprint density at radius 3 is 2.30 bits per heavy atom. The van der Waals surface area contributed by atoms with Gasteiger partial charge in [0.05, 0.1) is 13.2 Å². The molecule has 27 heavy (non-hydrogen) atoms. The van der Waals surface area contributed by atoms with Gasteiger partial charge in [-0.1, -0.05) is 54.6 Å². The summed E-state index contributed by atoms with van der Waals surface area (Å²) < 4.78 is 5.74. The van der Waals surface area contributed by atoms with Gasteiger partial charge in [-0.3, -0.25) is 9.59 Å². The summed E-state index contributed by atoms with van der Waals surface area (Å²) in [6, 6.07) is 17.8. The zero-order valence-electron chi connectivity index (χ0n) is 15.7. The van der Waals surface area contributed by atoms with Crippen molar-refractivity contribution in [2.75, 3.05) is 6.54 Å². The highest BCUT2D eigenvalue weighted by Crippen LogP contribution is 2.17. The first kappa shape index (κ1) is 19.1. The van der Waals surface area contributed by atoms with Crippen LogP contribution in [0.1, 0.15) is 36.5 Å². The highest BCUT2D eigenvalue weighted by Gasteiger charge is 2.31. The molecule has 1 N–H and O–H groups in total. The summed E-state index contributed by atoms with van der Waals surface area (Å²) in [5.74, 6) is -0.106. The molecule has 1 unspecified atom stereocenters. The summed E-state index contributed by atoms with van der Waals surface area (Å²) >= 11 is 0. The monoisotopic (exact) mass is 366 g/mol. The van der Waals surface area contributed by atoms with Crippen LogP contribution >= 0.6 is 0 Å². The maximum Gasteiger partial charge on any atom is 0.243 e. The molecule has 0 spiro atoms. The van der Waals surface area contributed by atoms with Crippen LogP contribution in [-0.4, -0.2) is 29.3 Å². The number of ether oxygens (including phenoxy) is 1. The number of nitrogens with one attached hydrogen (secondary N) is 1. The molecule has 0 aromatic heterocycles.